The molecule has 3 heterocycles. The van der Waals surface area contributed by atoms with Crippen LogP contribution in [0.4, 0.5) is 5.13 Å². The van der Waals surface area contributed by atoms with Gasteiger partial charge < -0.3 is 20.4 Å². The standard InChI is InChI=1S/C18H24N4O3S.ClH/c1-11(12-3-5-19-6-4-12)7-16(23)22-18-21-15(10-26-18)13-8-14(20-9-13)17(24)25-2;/h8-12,19-20H,3-7H2,1-2H3,(H,21,22,23);1H. The molecule has 2 aromatic rings. The summed E-state index contributed by atoms with van der Waals surface area (Å²) in [5.74, 6) is 0.544. The number of aromatic amines is 1. The monoisotopic (exact) mass is 412 g/mol. The molecule has 0 spiro atoms. The summed E-state index contributed by atoms with van der Waals surface area (Å²) >= 11 is 1.38. The number of H-pyrrole nitrogens is 1. The largest absolute Gasteiger partial charge is 0.464 e. The number of carbonyl (C=O) groups excluding carboxylic acids is 2. The van der Waals surface area contributed by atoms with Crippen LogP contribution in [0.5, 0.6) is 0 Å². The number of aromatic nitrogens is 2. The molecule has 0 aromatic carbocycles. The van der Waals surface area contributed by atoms with Crippen molar-refractivity contribution in [2.45, 2.75) is 26.2 Å². The minimum absolute atomic E-state index is 0. The van der Waals surface area contributed by atoms with Gasteiger partial charge in [-0.3, -0.25) is 4.79 Å². The number of ether oxygens (including phenoxy) is 1. The lowest BCUT2D eigenvalue weighted by atomic mass is 9.84. The van der Waals surface area contributed by atoms with Gasteiger partial charge in [-0.05, 0) is 43.8 Å². The number of anilines is 1. The zero-order chi connectivity index (χ0) is 18.5. The lowest BCUT2D eigenvalue weighted by molar-refractivity contribution is -0.117. The third kappa shape index (κ3) is 5.54. The molecule has 7 nitrogen and oxygen atoms in total. The number of amides is 1. The fraction of sp³-hybridized carbons (Fsp3) is 0.500. The van der Waals surface area contributed by atoms with Crippen molar-refractivity contribution in [1.82, 2.24) is 15.3 Å². The highest BCUT2D eigenvalue weighted by atomic mass is 35.5. The summed E-state index contributed by atoms with van der Waals surface area (Å²) in [5, 5.41) is 8.68. The van der Waals surface area contributed by atoms with Gasteiger partial charge in [-0.2, -0.15) is 0 Å². The number of hydrogen-bond acceptors (Lipinski definition) is 6. The van der Waals surface area contributed by atoms with E-state index in [-0.39, 0.29) is 18.3 Å². The van der Waals surface area contributed by atoms with Crippen molar-refractivity contribution >= 4 is 40.8 Å². The molecule has 2 aromatic heterocycles. The van der Waals surface area contributed by atoms with Gasteiger partial charge in [-0.1, -0.05) is 6.92 Å². The number of carbonyl (C=O) groups is 2. The third-order valence-corrected chi connectivity index (χ3v) is 5.59. The zero-order valence-corrected chi connectivity index (χ0v) is 17.0. The summed E-state index contributed by atoms with van der Waals surface area (Å²) in [6.45, 7) is 4.23. The van der Waals surface area contributed by atoms with Crippen molar-refractivity contribution in [3.05, 3.63) is 23.3 Å². The minimum Gasteiger partial charge on any atom is -0.464 e. The van der Waals surface area contributed by atoms with Crippen molar-refractivity contribution in [3.8, 4) is 11.3 Å². The predicted molar refractivity (Wildman–Crippen MR) is 108 cm³/mol. The SMILES string of the molecule is COC(=O)c1cc(-c2csc(NC(=O)CC(C)C3CCNCC3)n2)c[nH]1.Cl. The van der Waals surface area contributed by atoms with Gasteiger partial charge in [0.25, 0.3) is 0 Å². The van der Waals surface area contributed by atoms with Crippen LogP contribution in [-0.2, 0) is 9.53 Å². The van der Waals surface area contributed by atoms with E-state index >= 15 is 0 Å². The van der Waals surface area contributed by atoms with Crippen molar-refractivity contribution in [3.63, 3.8) is 0 Å². The van der Waals surface area contributed by atoms with E-state index < -0.39 is 5.97 Å². The molecule has 0 radical (unpaired) electrons. The molecule has 1 fully saturated rings. The Morgan fingerprint density at radius 2 is 2.15 bits per heavy atom. The molecule has 0 aliphatic carbocycles. The third-order valence-electron chi connectivity index (χ3n) is 4.83. The van der Waals surface area contributed by atoms with Gasteiger partial charge in [-0.25, -0.2) is 9.78 Å². The Balaban J connectivity index is 0.00000261. The van der Waals surface area contributed by atoms with E-state index in [0.717, 1.165) is 31.5 Å². The number of piperidine rings is 1. The molecule has 1 aliphatic rings. The number of nitrogens with one attached hydrogen (secondary N) is 3. The molecule has 1 amide bonds. The van der Waals surface area contributed by atoms with Gasteiger partial charge in [0, 0.05) is 23.6 Å². The summed E-state index contributed by atoms with van der Waals surface area (Å²) in [6.07, 6.45) is 4.47. The Hall–Kier alpha value is -1.90. The van der Waals surface area contributed by atoms with Gasteiger partial charge in [-0.15, -0.1) is 23.7 Å². The smallest absolute Gasteiger partial charge is 0.354 e. The van der Waals surface area contributed by atoms with Gasteiger partial charge in [0.1, 0.15) is 5.69 Å². The summed E-state index contributed by atoms with van der Waals surface area (Å²) in [6, 6.07) is 1.69. The predicted octanol–water partition coefficient (Wildman–Crippen LogP) is 3.31. The fourth-order valence-electron chi connectivity index (χ4n) is 3.28. The van der Waals surface area contributed by atoms with Crippen molar-refractivity contribution < 1.29 is 14.3 Å². The number of methoxy groups -OCH3 is 1. The summed E-state index contributed by atoms with van der Waals surface area (Å²) in [4.78, 5) is 31.1. The first kappa shape index (κ1) is 21.4. The van der Waals surface area contributed by atoms with E-state index in [1.165, 1.54) is 18.4 Å². The normalized spacial score (nSPS) is 15.6. The Bertz CT molecular complexity index is 770. The zero-order valence-electron chi connectivity index (χ0n) is 15.4. The maximum absolute atomic E-state index is 12.3. The number of rotatable bonds is 6. The first-order valence-corrected chi connectivity index (χ1v) is 9.68. The van der Waals surface area contributed by atoms with Gasteiger partial charge in [0.2, 0.25) is 5.91 Å². The van der Waals surface area contributed by atoms with Crippen molar-refractivity contribution in [2.24, 2.45) is 11.8 Å². The highest BCUT2D eigenvalue weighted by Crippen LogP contribution is 2.27. The van der Waals surface area contributed by atoms with Crippen LogP contribution in [0.1, 0.15) is 36.7 Å². The molecule has 0 bridgehead atoms. The van der Waals surface area contributed by atoms with Crippen molar-refractivity contribution in [2.75, 3.05) is 25.5 Å². The van der Waals surface area contributed by atoms with Crippen LogP contribution < -0.4 is 10.6 Å². The highest BCUT2D eigenvalue weighted by Gasteiger charge is 2.22. The lowest BCUT2D eigenvalue weighted by Gasteiger charge is -2.27. The van der Waals surface area contributed by atoms with Crippen LogP contribution in [-0.4, -0.2) is 42.0 Å². The number of halogens is 1. The van der Waals surface area contributed by atoms with E-state index in [0.29, 0.717) is 34.8 Å². The summed E-state index contributed by atoms with van der Waals surface area (Å²) in [5.41, 5.74) is 1.87. The summed E-state index contributed by atoms with van der Waals surface area (Å²) in [7, 11) is 1.34. The van der Waals surface area contributed by atoms with Crippen LogP contribution in [0.15, 0.2) is 17.6 Å². The number of nitrogens with zero attached hydrogens (tertiary/aromatic N) is 1. The molecule has 3 N–H and O–H groups in total. The number of hydrogen-bond donors (Lipinski definition) is 3. The van der Waals surface area contributed by atoms with E-state index in [2.05, 4.69) is 32.3 Å². The Labute approximate surface area is 168 Å². The minimum atomic E-state index is -0.424. The Morgan fingerprint density at radius 1 is 1.41 bits per heavy atom. The molecule has 1 aliphatic heterocycles. The molecular formula is C18H25ClN4O3S. The lowest BCUT2D eigenvalue weighted by Crippen LogP contribution is -2.32. The molecule has 27 heavy (non-hydrogen) atoms. The first-order chi connectivity index (χ1) is 12.6. The molecule has 148 valence electrons. The summed E-state index contributed by atoms with van der Waals surface area (Å²) < 4.78 is 4.68. The van der Waals surface area contributed by atoms with Crippen molar-refractivity contribution in [1.29, 1.82) is 0 Å². The average Bonchev–Trinajstić information content (AvgIpc) is 3.31. The van der Waals surface area contributed by atoms with E-state index in [9.17, 15) is 9.59 Å². The molecule has 3 rings (SSSR count). The molecule has 1 saturated heterocycles. The average molecular weight is 413 g/mol. The first-order valence-electron chi connectivity index (χ1n) is 8.80. The van der Waals surface area contributed by atoms with Crippen LogP contribution in [0.25, 0.3) is 11.3 Å². The maximum Gasteiger partial charge on any atom is 0.354 e. The molecular weight excluding hydrogens is 388 g/mol. The van der Waals surface area contributed by atoms with Crippen LogP contribution in [0.2, 0.25) is 0 Å². The second-order valence-electron chi connectivity index (χ2n) is 6.65. The van der Waals surface area contributed by atoms with Crippen LogP contribution in [0, 0.1) is 11.8 Å². The Kier molecular flexibility index (Phi) is 7.82. The van der Waals surface area contributed by atoms with Crippen LogP contribution >= 0.6 is 23.7 Å². The van der Waals surface area contributed by atoms with E-state index in [4.69, 9.17) is 0 Å². The second-order valence-corrected chi connectivity index (χ2v) is 7.51. The molecule has 1 unspecified atom stereocenters. The van der Waals surface area contributed by atoms with Gasteiger partial charge >= 0.3 is 5.97 Å². The molecule has 1 atom stereocenters. The molecule has 9 heteroatoms. The van der Waals surface area contributed by atoms with Gasteiger partial charge in [0.05, 0.1) is 12.8 Å². The topological polar surface area (TPSA) is 96.1 Å². The van der Waals surface area contributed by atoms with Gasteiger partial charge in [0.15, 0.2) is 5.13 Å². The van der Waals surface area contributed by atoms with Crippen LogP contribution in [0.3, 0.4) is 0 Å². The maximum atomic E-state index is 12.3. The number of thiazole rings is 1. The molecule has 0 saturated carbocycles. The quantitative estimate of drug-likeness (QED) is 0.632. The van der Waals surface area contributed by atoms with E-state index in [1.54, 1.807) is 12.3 Å². The van der Waals surface area contributed by atoms with E-state index in [1.807, 2.05) is 5.38 Å². The fourth-order valence-corrected chi connectivity index (χ4v) is 4.01. The Morgan fingerprint density at radius 3 is 2.85 bits per heavy atom. The second kappa shape index (κ2) is 9.87. The number of esters is 1. The highest BCUT2D eigenvalue weighted by molar-refractivity contribution is 7.14.